The summed E-state index contributed by atoms with van der Waals surface area (Å²) >= 11 is 0. The molecule has 0 atom stereocenters. The van der Waals surface area contributed by atoms with Crippen molar-refractivity contribution in [3.8, 4) is 5.75 Å². The second kappa shape index (κ2) is 5.30. The third kappa shape index (κ3) is 2.95. The number of aromatic carboxylic acids is 1. The highest BCUT2D eigenvalue weighted by molar-refractivity contribution is 5.96. The van der Waals surface area contributed by atoms with Gasteiger partial charge in [-0.3, -0.25) is 0 Å². The van der Waals surface area contributed by atoms with E-state index in [9.17, 15) is 4.79 Å². The smallest absolute Gasteiger partial charge is 0.337 e. The molecule has 0 amide bonds. The second-order valence-corrected chi connectivity index (χ2v) is 3.97. The maximum Gasteiger partial charge on any atom is 0.337 e. The Bertz CT molecular complexity index is 611. The van der Waals surface area contributed by atoms with Crippen LogP contribution in [0.15, 0.2) is 42.5 Å². The van der Waals surface area contributed by atoms with Crippen LogP contribution in [0.2, 0.25) is 0 Å². The number of anilines is 3. The average molecular weight is 258 g/mol. The second-order valence-electron chi connectivity index (χ2n) is 3.97. The van der Waals surface area contributed by atoms with Gasteiger partial charge in [-0.2, -0.15) is 0 Å². The monoisotopic (exact) mass is 258 g/mol. The van der Waals surface area contributed by atoms with Crippen LogP contribution in [-0.2, 0) is 0 Å². The molecule has 0 unspecified atom stereocenters. The van der Waals surface area contributed by atoms with E-state index in [1.54, 1.807) is 25.3 Å². The van der Waals surface area contributed by atoms with Crippen LogP contribution in [0.3, 0.4) is 0 Å². The molecule has 0 bridgehead atoms. The summed E-state index contributed by atoms with van der Waals surface area (Å²) in [6.07, 6.45) is 0. The maximum absolute atomic E-state index is 11.2. The van der Waals surface area contributed by atoms with Crippen molar-refractivity contribution in [3.63, 3.8) is 0 Å². The quantitative estimate of drug-likeness (QED) is 0.734. The van der Waals surface area contributed by atoms with Gasteiger partial charge in [-0.1, -0.05) is 6.07 Å². The molecule has 0 aromatic heterocycles. The predicted molar refractivity (Wildman–Crippen MR) is 74.1 cm³/mol. The van der Waals surface area contributed by atoms with Gasteiger partial charge in [0.15, 0.2) is 0 Å². The molecular formula is C14H14N2O3. The maximum atomic E-state index is 11.2. The number of methoxy groups -OCH3 is 1. The van der Waals surface area contributed by atoms with Gasteiger partial charge in [0.2, 0.25) is 0 Å². The zero-order valence-corrected chi connectivity index (χ0v) is 10.4. The fourth-order valence-electron chi connectivity index (χ4n) is 1.70. The summed E-state index contributed by atoms with van der Waals surface area (Å²) in [6.45, 7) is 0. The first-order valence-electron chi connectivity index (χ1n) is 5.64. The number of ether oxygens (including phenoxy) is 1. The van der Waals surface area contributed by atoms with Crippen molar-refractivity contribution < 1.29 is 14.6 Å². The fraction of sp³-hybridized carbons (Fsp3) is 0.0714. The van der Waals surface area contributed by atoms with Gasteiger partial charge in [0.05, 0.1) is 18.4 Å². The first kappa shape index (κ1) is 12.8. The summed E-state index contributed by atoms with van der Waals surface area (Å²) in [5, 5.41) is 12.2. The number of carboxylic acids is 1. The number of carboxylic acid groups (broad SMARTS) is 1. The zero-order valence-electron chi connectivity index (χ0n) is 10.4. The molecule has 0 saturated heterocycles. The zero-order chi connectivity index (χ0) is 13.8. The molecule has 5 heteroatoms. The van der Waals surface area contributed by atoms with Crippen molar-refractivity contribution in [2.75, 3.05) is 18.2 Å². The van der Waals surface area contributed by atoms with Gasteiger partial charge in [-0.05, 0) is 30.3 Å². The van der Waals surface area contributed by atoms with Crippen LogP contribution >= 0.6 is 0 Å². The van der Waals surface area contributed by atoms with Gasteiger partial charge < -0.3 is 20.9 Å². The lowest BCUT2D eigenvalue weighted by Gasteiger charge is -2.11. The molecule has 5 nitrogen and oxygen atoms in total. The van der Waals surface area contributed by atoms with Crippen LogP contribution in [0.1, 0.15) is 10.4 Å². The van der Waals surface area contributed by atoms with Gasteiger partial charge >= 0.3 is 5.97 Å². The molecule has 98 valence electrons. The standard InChI is InChI=1S/C14H14N2O3/c1-19-11-4-2-3-10(8-11)16-13-6-5-9(15)7-12(13)14(17)18/h2-8,16H,15H2,1H3,(H,17,18). The molecule has 0 aliphatic carbocycles. The highest BCUT2D eigenvalue weighted by atomic mass is 16.5. The Labute approximate surface area is 110 Å². The number of rotatable bonds is 4. The molecule has 0 saturated carbocycles. The Morgan fingerprint density at radius 1 is 1.26 bits per heavy atom. The predicted octanol–water partition coefficient (Wildman–Crippen LogP) is 2.72. The lowest BCUT2D eigenvalue weighted by Crippen LogP contribution is -2.04. The highest BCUT2D eigenvalue weighted by Gasteiger charge is 2.10. The third-order valence-electron chi connectivity index (χ3n) is 2.62. The van der Waals surface area contributed by atoms with E-state index in [1.807, 2.05) is 18.2 Å². The van der Waals surface area contributed by atoms with Crippen LogP contribution < -0.4 is 15.8 Å². The van der Waals surface area contributed by atoms with Crippen LogP contribution in [0, 0.1) is 0 Å². The number of hydrogen-bond acceptors (Lipinski definition) is 4. The van der Waals surface area contributed by atoms with E-state index in [0.717, 1.165) is 5.69 Å². The number of nitrogen functional groups attached to an aromatic ring is 1. The Morgan fingerprint density at radius 2 is 2.05 bits per heavy atom. The number of nitrogens with two attached hydrogens (primary N) is 1. The summed E-state index contributed by atoms with van der Waals surface area (Å²) in [6, 6.07) is 11.9. The lowest BCUT2D eigenvalue weighted by molar-refractivity contribution is 0.0698. The van der Waals surface area contributed by atoms with Gasteiger partial charge in [0.1, 0.15) is 5.75 Å². The first-order valence-corrected chi connectivity index (χ1v) is 5.64. The number of benzene rings is 2. The van der Waals surface area contributed by atoms with Crippen molar-refractivity contribution in [1.29, 1.82) is 0 Å². The molecule has 0 aliphatic heterocycles. The van der Waals surface area contributed by atoms with Gasteiger partial charge in [-0.15, -0.1) is 0 Å². The highest BCUT2D eigenvalue weighted by Crippen LogP contribution is 2.25. The van der Waals surface area contributed by atoms with Crippen molar-refractivity contribution in [3.05, 3.63) is 48.0 Å². The largest absolute Gasteiger partial charge is 0.497 e. The Kier molecular flexibility index (Phi) is 3.56. The Balaban J connectivity index is 2.34. The summed E-state index contributed by atoms with van der Waals surface area (Å²) in [7, 11) is 1.57. The molecule has 19 heavy (non-hydrogen) atoms. The van der Waals surface area contributed by atoms with E-state index < -0.39 is 5.97 Å². The SMILES string of the molecule is COc1cccc(Nc2ccc(N)cc2C(=O)O)c1. The van der Waals surface area contributed by atoms with Crippen LogP contribution in [-0.4, -0.2) is 18.2 Å². The topological polar surface area (TPSA) is 84.6 Å². The molecule has 0 fully saturated rings. The van der Waals surface area contributed by atoms with Crippen molar-refractivity contribution in [2.45, 2.75) is 0 Å². The molecule has 4 N–H and O–H groups in total. The fourth-order valence-corrected chi connectivity index (χ4v) is 1.70. The third-order valence-corrected chi connectivity index (χ3v) is 2.62. The number of nitrogens with one attached hydrogen (secondary N) is 1. The normalized spacial score (nSPS) is 9.95. The molecule has 2 aromatic carbocycles. The van der Waals surface area contributed by atoms with Gasteiger partial charge in [-0.25, -0.2) is 4.79 Å². The summed E-state index contributed by atoms with van der Waals surface area (Å²) in [5.41, 5.74) is 7.36. The molecule has 2 aromatic rings. The molecule has 0 aliphatic rings. The average Bonchev–Trinajstić information content (AvgIpc) is 2.41. The molecule has 0 radical (unpaired) electrons. The minimum absolute atomic E-state index is 0.128. The number of carbonyl (C=O) groups is 1. The summed E-state index contributed by atoms with van der Waals surface area (Å²) < 4.78 is 5.11. The van der Waals surface area contributed by atoms with E-state index >= 15 is 0 Å². The Morgan fingerprint density at radius 3 is 2.74 bits per heavy atom. The summed E-state index contributed by atoms with van der Waals surface area (Å²) in [4.78, 5) is 11.2. The number of hydrogen-bond donors (Lipinski definition) is 3. The molecule has 2 rings (SSSR count). The minimum Gasteiger partial charge on any atom is -0.497 e. The lowest BCUT2D eigenvalue weighted by atomic mass is 10.1. The molecular weight excluding hydrogens is 244 g/mol. The van der Waals surface area contributed by atoms with Gasteiger partial charge in [0, 0.05) is 17.4 Å². The van der Waals surface area contributed by atoms with Crippen molar-refractivity contribution in [1.82, 2.24) is 0 Å². The van der Waals surface area contributed by atoms with Crippen molar-refractivity contribution >= 4 is 23.0 Å². The van der Waals surface area contributed by atoms with E-state index in [4.69, 9.17) is 15.6 Å². The van der Waals surface area contributed by atoms with Crippen LogP contribution in [0.5, 0.6) is 5.75 Å². The summed E-state index contributed by atoms with van der Waals surface area (Å²) in [5.74, 6) is -0.338. The first-order chi connectivity index (χ1) is 9.10. The van der Waals surface area contributed by atoms with E-state index in [2.05, 4.69) is 5.32 Å². The molecule has 0 spiro atoms. The Hall–Kier alpha value is -2.69. The van der Waals surface area contributed by atoms with Gasteiger partial charge in [0.25, 0.3) is 0 Å². The minimum atomic E-state index is -1.03. The van der Waals surface area contributed by atoms with Crippen LogP contribution in [0.25, 0.3) is 0 Å². The van der Waals surface area contributed by atoms with E-state index in [1.165, 1.54) is 6.07 Å². The van der Waals surface area contributed by atoms with Crippen molar-refractivity contribution in [2.24, 2.45) is 0 Å². The van der Waals surface area contributed by atoms with Crippen LogP contribution in [0.4, 0.5) is 17.1 Å². The van der Waals surface area contributed by atoms with E-state index in [0.29, 0.717) is 17.1 Å². The van der Waals surface area contributed by atoms with E-state index in [-0.39, 0.29) is 5.56 Å². The molecule has 0 heterocycles.